The number of rotatable bonds is 6. The molecule has 1 atom stereocenters. The summed E-state index contributed by atoms with van der Waals surface area (Å²) < 4.78 is 12.2. The lowest BCUT2D eigenvalue weighted by Gasteiger charge is -2.32. The average molecular weight is 423 g/mol. The zero-order valence-electron chi connectivity index (χ0n) is 18.3. The number of hydrogen-bond acceptors (Lipinski definition) is 6. The van der Waals surface area contributed by atoms with E-state index in [0.29, 0.717) is 11.9 Å². The zero-order valence-corrected chi connectivity index (χ0v) is 19.1. The molecule has 2 aliphatic rings. The van der Waals surface area contributed by atoms with Crippen LogP contribution < -0.4 is 10.4 Å². The summed E-state index contributed by atoms with van der Waals surface area (Å²) in [5.41, 5.74) is 0.0281. The van der Waals surface area contributed by atoms with Gasteiger partial charge in [0.15, 0.2) is 0 Å². The second-order valence-electron chi connectivity index (χ2n) is 9.28. The molecule has 160 valence electrons. The number of alkyl halides is 1. The second kappa shape index (κ2) is 8.40. The first-order chi connectivity index (χ1) is 13.5. The number of likely N-dealkylation sites (tertiary alicyclic amines) is 1. The van der Waals surface area contributed by atoms with Crippen molar-refractivity contribution in [3.8, 4) is 0 Å². The minimum atomic E-state index is -0.466. The Hall–Kier alpha value is -1.38. The van der Waals surface area contributed by atoms with Crippen molar-refractivity contribution in [1.82, 2.24) is 14.9 Å². The van der Waals surface area contributed by atoms with Gasteiger partial charge in [0.25, 0.3) is 0 Å². The van der Waals surface area contributed by atoms with Crippen LogP contribution in [0.15, 0.2) is 12.4 Å². The van der Waals surface area contributed by atoms with Gasteiger partial charge in [-0.05, 0) is 53.9 Å². The zero-order chi connectivity index (χ0) is 21.4. The highest BCUT2D eigenvalue weighted by Gasteiger charge is 2.52. The Labute approximate surface area is 179 Å². The Morgan fingerprint density at radius 1 is 1.28 bits per heavy atom. The number of carbonyl (C=O) groups is 1. The van der Waals surface area contributed by atoms with E-state index < -0.39 is 18.3 Å². The largest absolute Gasteiger partial charge is 0.498 e. The van der Waals surface area contributed by atoms with E-state index in [9.17, 15) is 4.79 Å². The number of carbonyl (C=O) groups excluding carboxylic acids is 1. The van der Waals surface area contributed by atoms with E-state index in [0.717, 1.165) is 31.5 Å². The molecule has 0 radical (unpaired) electrons. The third-order valence-corrected chi connectivity index (χ3v) is 6.50. The van der Waals surface area contributed by atoms with E-state index >= 15 is 0 Å². The van der Waals surface area contributed by atoms with Gasteiger partial charge in [-0.15, -0.1) is 11.6 Å². The second-order valence-corrected chi connectivity index (χ2v) is 9.55. The van der Waals surface area contributed by atoms with Crippen LogP contribution in [-0.4, -0.2) is 70.7 Å². The van der Waals surface area contributed by atoms with E-state index in [1.54, 1.807) is 12.4 Å². The summed E-state index contributed by atoms with van der Waals surface area (Å²) in [4.78, 5) is 25.1. The van der Waals surface area contributed by atoms with Crippen molar-refractivity contribution in [1.29, 1.82) is 0 Å². The summed E-state index contributed by atoms with van der Waals surface area (Å²) in [7, 11) is -0.466. The van der Waals surface area contributed by atoms with Gasteiger partial charge in [-0.2, -0.15) is 0 Å². The molecule has 0 aromatic carbocycles. The van der Waals surface area contributed by atoms with Crippen LogP contribution in [0.2, 0.25) is 0 Å². The van der Waals surface area contributed by atoms with Crippen molar-refractivity contribution in [2.75, 3.05) is 30.4 Å². The van der Waals surface area contributed by atoms with Crippen LogP contribution in [0.4, 0.5) is 5.95 Å². The van der Waals surface area contributed by atoms with Crippen molar-refractivity contribution in [3.63, 3.8) is 0 Å². The minimum absolute atomic E-state index is 0.00767. The fourth-order valence-electron chi connectivity index (χ4n) is 3.67. The number of nitrogens with zero attached hydrogens (tertiary/aromatic N) is 4. The minimum Gasteiger partial charge on any atom is -0.399 e. The van der Waals surface area contributed by atoms with Crippen LogP contribution in [0.1, 0.15) is 48.0 Å². The van der Waals surface area contributed by atoms with Gasteiger partial charge in [0.2, 0.25) is 11.9 Å². The molecule has 1 unspecified atom stereocenters. The molecule has 29 heavy (non-hydrogen) atoms. The van der Waals surface area contributed by atoms with Gasteiger partial charge in [0, 0.05) is 43.5 Å². The Balaban J connectivity index is 1.68. The molecule has 2 fully saturated rings. The standard InChI is InChI=1S/C20H32BClN4O3/c1-14(2)26(13-15-7-8-25(12-15)17(27)9-22)18-23-10-16(11-24-18)21-28-19(3,4)20(5,6)29-21/h10-11,14-15H,7-9,12-13H2,1-6H3. The molecule has 7 nitrogen and oxygen atoms in total. The fourth-order valence-corrected chi connectivity index (χ4v) is 3.84. The van der Waals surface area contributed by atoms with E-state index in [1.165, 1.54) is 0 Å². The molecule has 1 aromatic rings. The molecule has 0 N–H and O–H groups in total. The Bertz CT molecular complexity index is 713. The molecule has 0 spiro atoms. The first-order valence-corrected chi connectivity index (χ1v) is 10.9. The van der Waals surface area contributed by atoms with Crippen LogP contribution in [0.5, 0.6) is 0 Å². The Morgan fingerprint density at radius 3 is 2.38 bits per heavy atom. The lowest BCUT2D eigenvalue weighted by Crippen LogP contribution is -2.41. The third-order valence-electron chi connectivity index (χ3n) is 6.27. The highest BCUT2D eigenvalue weighted by Crippen LogP contribution is 2.36. The van der Waals surface area contributed by atoms with Crippen LogP contribution >= 0.6 is 11.6 Å². The summed E-state index contributed by atoms with van der Waals surface area (Å²) in [6.45, 7) is 14.7. The Morgan fingerprint density at radius 2 is 1.86 bits per heavy atom. The molecule has 1 amide bonds. The normalized spacial score (nSPS) is 23.1. The summed E-state index contributed by atoms with van der Waals surface area (Å²) in [5, 5.41) is 0. The molecule has 0 bridgehead atoms. The van der Waals surface area contributed by atoms with Crippen LogP contribution in [0.3, 0.4) is 0 Å². The van der Waals surface area contributed by atoms with Gasteiger partial charge in [0.1, 0.15) is 5.88 Å². The molecule has 3 rings (SSSR count). The molecule has 0 saturated carbocycles. The maximum absolute atomic E-state index is 11.8. The first-order valence-electron chi connectivity index (χ1n) is 10.3. The van der Waals surface area contributed by atoms with Crippen molar-refractivity contribution in [2.45, 2.75) is 65.2 Å². The predicted octanol–water partition coefficient (Wildman–Crippen LogP) is 2.08. The number of hydrogen-bond donors (Lipinski definition) is 0. The van der Waals surface area contributed by atoms with Crippen LogP contribution in [0.25, 0.3) is 0 Å². The number of aromatic nitrogens is 2. The van der Waals surface area contributed by atoms with Crippen molar-refractivity contribution in [3.05, 3.63) is 12.4 Å². The highest BCUT2D eigenvalue weighted by molar-refractivity contribution is 6.61. The summed E-state index contributed by atoms with van der Waals surface area (Å²) in [6.07, 6.45) is 4.55. The topological polar surface area (TPSA) is 67.8 Å². The van der Waals surface area contributed by atoms with E-state index in [4.69, 9.17) is 20.9 Å². The molecular weight excluding hydrogens is 391 g/mol. The quantitative estimate of drug-likeness (QED) is 0.516. The summed E-state index contributed by atoms with van der Waals surface area (Å²) >= 11 is 5.69. The molecule has 1 aromatic heterocycles. The summed E-state index contributed by atoms with van der Waals surface area (Å²) in [6, 6.07) is 0.246. The van der Waals surface area contributed by atoms with Gasteiger partial charge < -0.3 is 19.1 Å². The van der Waals surface area contributed by atoms with Crippen LogP contribution in [-0.2, 0) is 14.1 Å². The average Bonchev–Trinajstić information content (AvgIpc) is 3.21. The SMILES string of the molecule is CC(C)N(CC1CCN(C(=O)CCl)C1)c1ncc(B2OC(C)(C)C(C)(C)O2)cn1. The van der Waals surface area contributed by atoms with Gasteiger partial charge in [-0.1, -0.05) is 0 Å². The monoisotopic (exact) mass is 422 g/mol. The van der Waals surface area contributed by atoms with Gasteiger partial charge >= 0.3 is 7.12 Å². The Kier molecular flexibility index (Phi) is 6.46. The molecule has 9 heteroatoms. The predicted molar refractivity (Wildman–Crippen MR) is 116 cm³/mol. The van der Waals surface area contributed by atoms with E-state index in [2.05, 4.69) is 28.7 Å². The van der Waals surface area contributed by atoms with Crippen molar-refractivity contribution in [2.24, 2.45) is 5.92 Å². The number of anilines is 1. The first kappa shape index (κ1) is 22.3. The van der Waals surface area contributed by atoms with Crippen LogP contribution in [0, 0.1) is 5.92 Å². The van der Waals surface area contributed by atoms with Gasteiger partial charge in [0.05, 0.1) is 11.2 Å². The third kappa shape index (κ3) is 4.70. The molecule has 2 saturated heterocycles. The van der Waals surface area contributed by atoms with Crippen molar-refractivity contribution < 1.29 is 14.1 Å². The van der Waals surface area contributed by atoms with Gasteiger partial charge in [-0.25, -0.2) is 9.97 Å². The molecule has 0 aliphatic carbocycles. The summed E-state index contributed by atoms with van der Waals surface area (Å²) in [5.74, 6) is 1.12. The molecule has 2 aliphatic heterocycles. The molecular formula is C20H32BClN4O3. The van der Waals surface area contributed by atoms with Gasteiger partial charge in [-0.3, -0.25) is 4.79 Å². The maximum atomic E-state index is 11.8. The number of amides is 1. The fraction of sp³-hybridized carbons (Fsp3) is 0.750. The van der Waals surface area contributed by atoms with Crippen molar-refractivity contribution >= 4 is 36.0 Å². The highest BCUT2D eigenvalue weighted by atomic mass is 35.5. The van der Waals surface area contributed by atoms with E-state index in [1.807, 2.05) is 32.6 Å². The molecule has 3 heterocycles. The lowest BCUT2D eigenvalue weighted by atomic mass is 9.81. The smallest absolute Gasteiger partial charge is 0.399 e. The maximum Gasteiger partial charge on any atom is 0.498 e. The lowest BCUT2D eigenvalue weighted by molar-refractivity contribution is -0.127. The van der Waals surface area contributed by atoms with E-state index in [-0.39, 0.29) is 17.8 Å². The number of halogens is 1.